The third kappa shape index (κ3) is 3.03. The molecule has 7 heteroatoms. The van der Waals surface area contributed by atoms with Crippen LogP contribution in [0.1, 0.15) is 19.3 Å². The predicted molar refractivity (Wildman–Crippen MR) is 79.9 cm³/mol. The number of sulfonamides is 1. The number of nitrogens with zero attached hydrogens (tertiary/aromatic N) is 2. The number of anilines is 1. The van der Waals surface area contributed by atoms with Gasteiger partial charge in [-0.3, -0.25) is 0 Å². The first-order valence-corrected chi connectivity index (χ1v) is 8.30. The summed E-state index contributed by atoms with van der Waals surface area (Å²) in [5.41, 5.74) is 0.471. The van der Waals surface area contributed by atoms with Crippen LogP contribution in [0.5, 0.6) is 0 Å². The summed E-state index contributed by atoms with van der Waals surface area (Å²) < 4.78 is 26.0. The van der Waals surface area contributed by atoms with Gasteiger partial charge in [0, 0.05) is 20.6 Å². The molecule has 0 saturated carbocycles. The minimum Gasteiger partial charge on any atom is -0.480 e. The van der Waals surface area contributed by atoms with Gasteiger partial charge >= 0.3 is 5.97 Å². The maximum absolute atomic E-state index is 12.4. The lowest BCUT2D eigenvalue weighted by atomic mass is 10.0. The smallest absolute Gasteiger partial charge is 0.326 e. The number of hydrogen-bond acceptors (Lipinski definition) is 4. The van der Waals surface area contributed by atoms with Crippen molar-refractivity contribution in [2.75, 3.05) is 25.5 Å². The Kier molecular flexibility index (Phi) is 4.53. The Morgan fingerprint density at radius 3 is 2.57 bits per heavy atom. The molecule has 6 nitrogen and oxygen atoms in total. The Morgan fingerprint density at radius 2 is 1.95 bits per heavy atom. The molecule has 116 valence electrons. The van der Waals surface area contributed by atoms with Crippen LogP contribution in [0.15, 0.2) is 29.2 Å². The third-order valence-corrected chi connectivity index (χ3v) is 5.58. The highest BCUT2D eigenvalue weighted by Gasteiger charge is 2.32. The zero-order valence-electron chi connectivity index (χ0n) is 12.2. The van der Waals surface area contributed by atoms with E-state index in [9.17, 15) is 18.3 Å². The fourth-order valence-electron chi connectivity index (χ4n) is 2.59. The van der Waals surface area contributed by atoms with Crippen molar-refractivity contribution in [2.24, 2.45) is 0 Å². The lowest BCUT2D eigenvalue weighted by Gasteiger charge is -2.36. The van der Waals surface area contributed by atoms with Gasteiger partial charge in [-0.15, -0.1) is 0 Å². The molecule has 1 aromatic carbocycles. The summed E-state index contributed by atoms with van der Waals surface area (Å²) in [6.07, 6.45) is 2.24. The maximum Gasteiger partial charge on any atom is 0.326 e. The number of rotatable bonds is 4. The molecule has 1 aromatic rings. The molecule has 0 radical (unpaired) electrons. The molecule has 0 amide bonds. The molecule has 1 fully saturated rings. The summed E-state index contributed by atoms with van der Waals surface area (Å²) in [7, 11) is -0.669. The molecule has 0 aliphatic carbocycles. The van der Waals surface area contributed by atoms with Crippen LogP contribution in [0, 0.1) is 0 Å². The van der Waals surface area contributed by atoms with Crippen molar-refractivity contribution in [1.82, 2.24) is 4.31 Å². The topological polar surface area (TPSA) is 77.9 Å². The molecular weight excluding hydrogens is 292 g/mol. The average Bonchev–Trinajstić information content (AvgIpc) is 2.47. The second kappa shape index (κ2) is 6.03. The molecule has 1 aliphatic rings. The van der Waals surface area contributed by atoms with E-state index in [1.54, 1.807) is 23.1 Å². The number of carboxylic acid groups (broad SMARTS) is 1. The second-order valence-electron chi connectivity index (χ2n) is 5.30. The molecule has 0 bridgehead atoms. The molecule has 1 unspecified atom stereocenters. The second-order valence-corrected chi connectivity index (χ2v) is 7.42. The number of carboxylic acids is 1. The Balaban J connectivity index is 2.51. The largest absolute Gasteiger partial charge is 0.480 e. The van der Waals surface area contributed by atoms with E-state index in [-0.39, 0.29) is 4.90 Å². The summed E-state index contributed by atoms with van der Waals surface area (Å²) in [6.45, 7) is 0.553. The van der Waals surface area contributed by atoms with Gasteiger partial charge in [-0.05, 0) is 31.4 Å². The lowest BCUT2D eigenvalue weighted by Crippen LogP contribution is -2.45. The van der Waals surface area contributed by atoms with Crippen LogP contribution in [0.4, 0.5) is 5.69 Å². The van der Waals surface area contributed by atoms with Gasteiger partial charge in [-0.2, -0.15) is 0 Å². The molecule has 1 saturated heterocycles. The Morgan fingerprint density at radius 1 is 1.29 bits per heavy atom. The van der Waals surface area contributed by atoms with Crippen molar-refractivity contribution >= 4 is 21.7 Å². The van der Waals surface area contributed by atoms with Gasteiger partial charge in [0.2, 0.25) is 10.0 Å². The van der Waals surface area contributed by atoms with E-state index in [0.717, 1.165) is 17.1 Å². The van der Waals surface area contributed by atoms with Gasteiger partial charge in [0.1, 0.15) is 10.9 Å². The van der Waals surface area contributed by atoms with Crippen molar-refractivity contribution < 1.29 is 18.3 Å². The maximum atomic E-state index is 12.4. The van der Waals surface area contributed by atoms with Crippen molar-refractivity contribution in [2.45, 2.75) is 30.2 Å². The highest BCUT2D eigenvalue weighted by molar-refractivity contribution is 7.89. The molecule has 0 aromatic heterocycles. The minimum atomic E-state index is -3.61. The molecule has 1 N–H and O–H groups in total. The lowest BCUT2D eigenvalue weighted by molar-refractivity contribution is -0.139. The first-order valence-electron chi connectivity index (χ1n) is 6.86. The fourth-order valence-corrected chi connectivity index (χ4v) is 3.68. The molecule has 2 rings (SSSR count). The van der Waals surface area contributed by atoms with Crippen LogP contribution in [0.2, 0.25) is 0 Å². The van der Waals surface area contributed by atoms with E-state index < -0.39 is 22.0 Å². The van der Waals surface area contributed by atoms with Crippen LogP contribution in [-0.2, 0) is 14.8 Å². The minimum absolute atomic E-state index is 0.156. The zero-order valence-corrected chi connectivity index (χ0v) is 13.0. The number of piperidine rings is 1. The van der Waals surface area contributed by atoms with E-state index in [1.165, 1.54) is 20.2 Å². The zero-order chi connectivity index (χ0) is 15.6. The monoisotopic (exact) mass is 312 g/mol. The van der Waals surface area contributed by atoms with Gasteiger partial charge < -0.3 is 10.0 Å². The van der Waals surface area contributed by atoms with Gasteiger partial charge in [-0.25, -0.2) is 17.5 Å². The molecule has 1 heterocycles. The first-order chi connectivity index (χ1) is 9.85. The van der Waals surface area contributed by atoms with Crippen LogP contribution < -0.4 is 4.90 Å². The SMILES string of the molecule is CN(C)S(=O)(=O)c1ccccc1N1CCCCC1C(=O)O. The Labute approximate surface area is 125 Å². The number of carbonyl (C=O) groups is 1. The van der Waals surface area contributed by atoms with Crippen LogP contribution in [-0.4, -0.2) is 50.5 Å². The van der Waals surface area contributed by atoms with Crippen molar-refractivity contribution in [3.63, 3.8) is 0 Å². The standard InChI is InChI=1S/C14H20N2O4S/c1-15(2)21(19,20)13-9-4-3-7-11(13)16-10-6-5-8-12(16)14(17)18/h3-4,7,9,12H,5-6,8,10H2,1-2H3,(H,17,18). The number of aliphatic carboxylic acids is 1. The van der Waals surface area contributed by atoms with Gasteiger partial charge in [0.25, 0.3) is 0 Å². The van der Waals surface area contributed by atoms with Crippen LogP contribution in [0.3, 0.4) is 0 Å². The normalized spacial score (nSPS) is 19.8. The van der Waals surface area contributed by atoms with Crippen molar-refractivity contribution in [1.29, 1.82) is 0 Å². The molecule has 1 aliphatic heterocycles. The van der Waals surface area contributed by atoms with E-state index in [1.807, 2.05) is 0 Å². The van der Waals surface area contributed by atoms with Crippen LogP contribution in [0.25, 0.3) is 0 Å². The average molecular weight is 312 g/mol. The Hall–Kier alpha value is -1.60. The number of hydrogen-bond donors (Lipinski definition) is 1. The molecular formula is C14H20N2O4S. The summed E-state index contributed by atoms with van der Waals surface area (Å²) in [5, 5.41) is 9.37. The quantitative estimate of drug-likeness (QED) is 0.909. The summed E-state index contributed by atoms with van der Waals surface area (Å²) in [4.78, 5) is 13.3. The highest BCUT2D eigenvalue weighted by atomic mass is 32.2. The summed E-state index contributed by atoms with van der Waals surface area (Å²) in [6, 6.07) is 5.92. The number of benzene rings is 1. The molecule has 0 spiro atoms. The van der Waals surface area contributed by atoms with E-state index in [4.69, 9.17) is 0 Å². The highest BCUT2D eigenvalue weighted by Crippen LogP contribution is 2.31. The Bertz CT molecular complexity index is 628. The van der Waals surface area contributed by atoms with Gasteiger partial charge in [0.05, 0.1) is 5.69 Å². The van der Waals surface area contributed by atoms with Crippen molar-refractivity contribution in [3.8, 4) is 0 Å². The number of para-hydroxylation sites is 1. The predicted octanol–water partition coefficient (Wildman–Crippen LogP) is 1.38. The fraction of sp³-hybridized carbons (Fsp3) is 0.500. The van der Waals surface area contributed by atoms with Crippen molar-refractivity contribution in [3.05, 3.63) is 24.3 Å². The molecule has 1 atom stereocenters. The van der Waals surface area contributed by atoms with E-state index in [0.29, 0.717) is 18.7 Å². The summed E-state index contributed by atoms with van der Waals surface area (Å²) in [5.74, 6) is -0.910. The van der Waals surface area contributed by atoms with Crippen LogP contribution >= 0.6 is 0 Å². The van der Waals surface area contributed by atoms with E-state index >= 15 is 0 Å². The van der Waals surface area contributed by atoms with Gasteiger partial charge in [0.15, 0.2) is 0 Å². The first kappa shape index (κ1) is 15.8. The summed E-state index contributed by atoms with van der Waals surface area (Å²) >= 11 is 0. The third-order valence-electron chi connectivity index (χ3n) is 3.72. The van der Waals surface area contributed by atoms with Gasteiger partial charge in [-0.1, -0.05) is 12.1 Å². The molecule has 21 heavy (non-hydrogen) atoms. The van der Waals surface area contributed by atoms with E-state index in [2.05, 4.69) is 0 Å².